The number of carbonyl (C=O) groups is 1. The molecule has 5 nitrogen and oxygen atoms in total. The summed E-state index contributed by atoms with van der Waals surface area (Å²) in [4.78, 5) is 18.3. The van der Waals surface area contributed by atoms with Crippen LogP contribution < -0.4 is 9.64 Å². The molecule has 0 aliphatic carbocycles. The summed E-state index contributed by atoms with van der Waals surface area (Å²) < 4.78 is 24.4. The fraction of sp³-hybridized carbons (Fsp3) is 0.400. The number of benzene rings is 1. The third-order valence-electron chi connectivity index (χ3n) is 4.55. The van der Waals surface area contributed by atoms with Crippen LogP contribution in [0.2, 0.25) is 0 Å². The quantitative estimate of drug-likeness (QED) is 0.758. The zero-order valence-electron chi connectivity index (χ0n) is 15.3. The molecule has 2 aromatic rings. The summed E-state index contributed by atoms with van der Waals surface area (Å²) in [6, 6.07) is 6.58. The second kappa shape index (κ2) is 7.72. The van der Waals surface area contributed by atoms with Gasteiger partial charge in [-0.2, -0.15) is 0 Å². The molecule has 0 fully saturated rings. The molecule has 138 valence electrons. The van der Waals surface area contributed by atoms with Gasteiger partial charge in [0.2, 0.25) is 0 Å². The first-order valence-electron chi connectivity index (χ1n) is 8.89. The zero-order chi connectivity index (χ0) is 18.7. The van der Waals surface area contributed by atoms with E-state index in [1.807, 2.05) is 13.0 Å². The maximum absolute atomic E-state index is 14.0. The number of esters is 1. The summed E-state index contributed by atoms with van der Waals surface area (Å²) in [6.07, 6.45) is 2.47. The van der Waals surface area contributed by atoms with E-state index in [0.717, 1.165) is 29.8 Å². The third-order valence-corrected chi connectivity index (χ3v) is 4.55. The highest BCUT2D eigenvalue weighted by molar-refractivity contribution is 5.87. The van der Waals surface area contributed by atoms with Crippen molar-refractivity contribution in [3.05, 3.63) is 53.1 Å². The number of rotatable bonds is 5. The van der Waals surface area contributed by atoms with Crippen LogP contribution >= 0.6 is 0 Å². The minimum atomic E-state index is -0.406. The molecule has 0 saturated carbocycles. The summed E-state index contributed by atoms with van der Waals surface area (Å²) in [5, 5.41) is 0. The second-order valence-electron chi connectivity index (χ2n) is 6.19. The fourth-order valence-corrected chi connectivity index (χ4v) is 3.34. The van der Waals surface area contributed by atoms with Gasteiger partial charge in [0.1, 0.15) is 17.3 Å². The number of fused-ring (bicyclic) bond motifs is 1. The molecule has 1 aliphatic rings. The van der Waals surface area contributed by atoms with Crippen LogP contribution in [0.1, 0.15) is 48.4 Å². The Kier molecular flexibility index (Phi) is 5.40. The van der Waals surface area contributed by atoms with Gasteiger partial charge >= 0.3 is 5.97 Å². The maximum Gasteiger partial charge on any atom is 0.356 e. The van der Waals surface area contributed by atoms with Crippen LogP contribution in [0.5, 0.6) is 5.75 Å². The molecule has 0 amide bonds. The molecule has 1 atom stereocenters. The summed E-state index contributed by atoms with van der Waals surface area (Å²) >= 11 is 0. The Morgan fingerprint density at radius 1 is 1.27 bits per heavy atom. The smallest absolute Gasteiger partial charge is 0.356 e. The van der Waals surface area contributed by atoms with Gasteiger partial charge in [0.25, 0.3) is 0 Å². The van der Waals surface area contributed by atoms with Crippen molar-refractivity contribution in [1.82, 2.24) is 4.98 Å². The topological polar surface area (TPSA) is 51.7 Å². The highest BCUT2D eigenvalue weighted by atomic mass is 19.1. The van der Waals surface area contributed by atoms with Crippen LogP contribution in [0.3, 0.4) is 0 Å². The highest BCUT2D eigenvalue weighted by Crippen LogP contribution is 2.35. The number of halogens is 1. The average Bonchev–Trinajstić information content (AvgIpc) is 2.61. The molecule has 0 spiro atoms. The van der Waals surface area contributed by atoms with Crippen LogP contribution in [0.25, 0.3) is 0 Å². The molecule has 1 unspecified atom stereocenters. The van der Waals surface area contributed by atoms with E-state index in [9.17, 15) is 9.18 Å². The van der Waals surface area contributed by atoms with E-state index in [0.29, 0.717) is 24.7 Å². The van der Waals surface area contributed by atoms with Crippen molar-refractivity contribution in [3.63, 3.8) is 0 Å². The molecule has 0 saturated heterocycles. The van der Waals surface area contributed by atoms with E-state index >= 15 is 0 Å². The number of nitrogens with zero attached hydrogens (tertiary/aromatic N) is 2. The first-order valence-corrected chi connectivity index (χ1v) is 8.89. The van der Waals surface area contributed by atoms with Crippen molar-refractivity contribution in [1.29, 1.82) is 0 Å². The van der Waals surface area contributed by atoms with Crippen molar-refractivity contribution in [3.8, 4) is 5.75 Å². The first kappa shape index (κ1) is 18.2. The normalized spacial score (nSPS) is 16.2. The van der Waals surface area contributed by atoms with Gasteiger partial charge in [0, 0.05) is 30.6 Å². The summed E-state index contributed by atoms with van der Waals surface area (Å²) in [5.41, 5.74) is 3.22. The SMILES string of the molecule is CCOC(=O)c1cc2c(cn1)C(C)N(c1cc(F)cc(OCC)c1)CC2. The van der Waals surface area contributed by atoms with Crippen molar-refractivity contribution < 1.29 is 18.7 Å². The lowest BCUT2D eigenvalue weighted by Gasteiger charge is -2.37. The fourth-order valence-electron chi connectivity index (χ4n) is 3.34. The highest BCUT2D eigenvalue weighted by Gasteiger charge is 2.26. The van der Waals surface area contributed by atoms with E-state index < -0.39 is 5.97 Å². The number of hydrogen-bond donors (Lipinski definition) is 0. The van der Waals surface area contributed by atoms with Gasteiger partial charge in [0.05, 0.1) is 19.3 Å². The third kappa shape index (κ3) is 3.64. The predicted molar refractivity (Wildman–Crippen MR) is 97.2 cm³/mol. The summed E-state index contributed by atoms with van der Waals surface area (Å²) in [6.45, 7) is 7.22. The lowest BCUT2D eigenvalue weighted by Crippen LogP contribution is -2.34. The number of pyridine rings is 1. The standard InChI is InChI=1S/C20H23FN2O3/c1-4-25-17-10-15(21)9-16(11-17)23-7-6-14-8-19(20(24)26-5-2)22-12-18(14)13(23)3/h8-13H,4-7H2,1-3H3. The lowest BCUT2D eigenvalue weighted by atomic mass is 9.94. The Morgan fingerprint density at radius 2 is 2.08 bits per heavy atom. The number of anilines is 1. The monoisotopic (exact) mass is 358 g/mol. The van der Waals surface area contributed by atoms with E-state index in [4.69, 9.17) is 9.47 Å². The maximum atomic E-state index is 14.0. The minimum Gasteiger partial charge on any atom is -0.494 e. The van der Waals surface area contributed by atoms with E-state index in [1.54, 1.807) is 19.2 Å². The van der Waals surface area contributed by atoms with Crippen LogP contribution in [0.15, 0.2) is 30.5 Å². The van der Waals surface area contributed by atoms with Crippen LogP contribution in [-0.2, 0) is 11.2 Å². The Balaban J connectivity index is 1.88. The number of hydrogen-bond acceptors (Lipinski definition) is 5. The molecule has 0 N–H and O–H groups in total. The van der Waals surface area contributed by atoms with Gasteiger partial charge in [-0.1, -0.05) is 0 Å². The van der Waals surface area contributed by atoms with Crippen molar-refractivity contribution in [2.45, 2.75) is 33.2 Å². The first-order chi connectivity index (χ1) is 12.5. The molecule has 26 heavy (non-hydrogen) atoms. The molecule has 6 heteroatoms. The largest absolute Gasteiger partial charge is 0.494 e. The predicted octanol–water partition coefficient (Wildman–Crippen LogP) is 3.92. The molecule has 0 radical (unpaired) electrons. The van der Waals surface area contributed by atoms with Gasteiger partial charge in [-0.05, 0) is 50.5 Å². The van der Waals surface area contributed by atoms with Crippen molar-refractivity contribution in [2.24, 2.45) is 0 Å². The molecule has 0 bridgehead atoms. The molecule has 1 aromatic heterocycles. The summed E-state index contributed by atoms with van der Waals surface area (Å²) in [7, 11) is 0. The Hall–Kier alpha value is -2.63. The van der Waals surface area contributed by atoms with Crippen LogP contribution in [-0.4, -0.2) is 30.7 Å². The van der Waals surface area contributed by atoms with E-state index in [1.165, 1.54) is 12.1 Å². The Morgan fingerprint density at radius 3 is 2.81 bits per heavy atom. The number of carbonyl (C=O) groups excluding carboxylic acids is 1. The van der Waals surface area contributed by atoms with Gasteiger partial charge in [-0.15, -0.1) is 0 Å². The molecular formula is C20H23FN2O3. The Labute approximate surface area is 152 Å². The van der Waals surface area contributed by atoms with E-state index in [2.05, 4.69) is 16.8 Å². The Bertz CT molecular complexity index is 810. The summed E-state index contributed by atoms with van der Waals surface area (Å²) in [5.74, 6) is -0.201. The van der Waals surface area contributed by atoms with Gasteiger partial charge in [-0.25, -0.2) is 14.2 Å². The molecule has 1 aromatic carbocycles. The van der Waals surface area contributed by atoms with Crippen LogP contribution in [0, 0.1) is 5.82 Å². The molecule has 2 heterocycles. The molecular weight excluding hydrogens is 335 g/mol. The lowest BCUT2D eigenvalue weighted by molar-refractivity contribution is 0.0519. The number of aromatic nitrogens is 1. The average molecular weight is 358 g/mol. The van der Waals surface area contributed by atoms with Crippen LogP contribution in [0.4, 0.5) is 10.1 Å². The second-order valence-corrected chi connectivity index (χ2v) is 6.19. The number of ether oxygens (including phenoxy) is 2. The minimum absolute atomic E-state index is 0.0128. The zero-order valence-corrected chi connectivity index (χ0v) is 15.3. The molecule has 3 rings (SSSR count). The van der Waals surface area contributed by atoms with Crippen molar-refractivity contribution in [2.75, 3.05) is 24.7 Å². The van der Waals surface area contributed by atoms with Gasteiger partial charge < -0.3 is 14.4 Å². The van der Waals surface area contributed by atoms with Gasteiger partial charge in [0.15, 0.2) is 0 Å². The van der Waals surface area contributed by atoms with Gasteiger partial charge in [-0.3, -0.25) is 0 Å². The van der Waals surface area contributed by atoms with E-state index in [-0.39, 0.29) is 11.9 Å². The van der Waals surface area contributed by atoms with Crippen molar-refractivity contribution >= 4 is 11.7 Å². The molecule has 1 aliphatic heterocycles.